The van der Waals surface area contributed by atoms with Gasteiger partial charge >= 0.3 is 6.03 Å². The summed E-state index contributed by atoms with van der Waals surface area (Å²) in [6.45, 7) is 0.961. The van der Waals surface area contributed by atoms with E-state index < -0.39 is 22.0 Å². The zero-order valence-corrected chi connectivity index (χ0v) is 14.6. The number of benzene rings is 1. The fourth-order valence-corrected chi connectivity index (χ4v) is 4.21. The molecule has 3 N–H and O–H groups in total. The van der Waals surface area contributed by atoms with Crippen molar-refractivity contribution in [2.45, 2.75) is 36.6 Å². The second-order valence-corrected chi connectivity index (χ2v) is 8.23. The molecule has 1 aliphatic heterocycles. The van der Waals surface area contributed by atoms with Gasteiger partial charge in [0.05, 0.1) is 11.4 Å². The number of carbonyl (C=O) groups is 2. The number of anilines is 1. The fraction of sp³-hybridized carbons (Fsp3) is 0.500. The summed E-state index contributed by atoms with van der Waals surface area (Å²) < 4.78 is 26.6. The summed E-state index contributed by atoms with van der Waals surface area (Å²) in [5.74, 6) is -0.481. The smallest absolute Gasteiger partial charge is 0.321 e. The zero-order chi connectivity index (χ0) is 17.9. The molecule has 3 amide bonds. The maximum Gasteiger partial charge on any atom is 0.321 e. The summed E-state index contributed by atoms with van der Waals surface area (Å²) in [6.07, 6.45) is 3.64. The summed E-state index contributed by atoms with van der Waals surface area (Å²) in [4.78, 5) is 23.5. The molecule has 0 spiro atoms. The van der Waals surface area contributed by atoms with E-state index in [-0.39, 0.29) is 17.5 Å². The van der Waals surface area contributed by atoms with Crippen LogP contribution in [0.2, 0.25) is 0 Å². The van der Waals surface area contributed by atoms with Crippen molar-refractivity contribution in [1.29, 1.82) is 0 Å². The van der Waals surface area contributed by atoms with Crippen LogP contribution in [0.4, 0.5) is 10.5 Å². The molecule has 0 aromatic heterocycles. The number of urea groups is 1. The Morgan fingerprint density at radius 2 is 1.88 bits per heavy atom. The molecule has 25 heavy (non-hydrogen) atoms. The molecule has 2 aliphatic rings. The van der Waals surface area contributed by atoms with Gasteiger partial charge in [-0.25, -0.2) is 13.2 Å². The largest absolute Gasteiger partial charge is 0.376 e. The van der Waals surface area contributed by atoms with Gasteiger partial charge in [0, 0.05) is 24.8 Å². The van der Waals surface area contributed by atoms with E-state index in [9.17, 15) is 18.0 Å². The van der Waals surface area contributed by atoms with Crippen LogP contribution in [-0.2, 0) is 14.8 Å². The summed E-state index contributed by atoms with van der Waals surface area (Å²) in [5, 5.41) is 7.74. The number of carbonyl (C=O) groups excluding carboxylic acids is 2. The molecule has 1 aromatic carbocycles. The lowest BCUT2D eigenvalue weighted by Crippen LogP contribution is -2.42. The van der Waals surface area contributed by atoms with Gasteiger partial charge in [-0.15, -0.1) is 0 Å². The minimum absolute atomic E-state index is 0.120. The van der Waals surface area contributed by atoms with Crippen molar-refractivity contribution in [3.05, 3.63) is 24.3 Å². The molecule has 0 unspecified atom stereocenters. The fourth-order valence-electron chi connectivity index (χ4n) is 2.65. The highest BCUT2D eigenvalue weighted by atomic mass is 32.2. The van der Waals surface area contributed by atoms with E-state index in [1.54, 1.807) is 18.2 Å². The monoisotopic (exact) mass is 366 g/mol. The third-order valence-electron chi connectivity index (χ3n) is 4.16. The van der Waals surface area contributed by atoms with E-state index in [2.05, 4.69) is 16.0 Å². The molecule has 0 bridgehead atoms. The van der Waals surface area contributed by atoms with Gasteiger partial charge in [0.25, 0.3) is 0 Å². The molecule has 1 heterocycles. The normalized spacial score (nSPS) is 17.9. The molecule has 1 aromatic rings. The predicted octanol–water partition coefficient (Wildman–Crippen LogP) is 0.871. The summed E-state index contributed by atoms with van der Waals surface area (Å²) in [6, 6.07) is 6.03. The summed E-state index contributed by atoms with van der Waals surface area (Å²) >= 11 is 0. The molecule has 0 atom stereocenters. The van der Waals surface area contributed by atoms with E-state index in [1.807, 2.05) is 0 Å². The van der Waals surface area contributed by atoms with E-state index in [0.717, 1.165) is 25.7 Å². The lowest BCUT2D eigenvalue weighted by Gasteiger charge is -2.16. The third kappa shape index (κ3) is 4.70. The Bertz CT molecular complexity index is 755. The van der Waals surface area contributed by atoms with Crippen LogP contribution < -0.4 is 16.0 Å². The van der Waals surface area contributed by atoms with Crippen LogP contribution in [0.1, 0.15) is 25.7 Å². The lowest BCUT2D eigenvalue weighted by molar-refractivity contribution is -0.118. The first-order valence-corrected chi connectivity index (χ1v) is 9.83. The van der Waals surface area contributed by atoms with Gasteiger partial charge in [0.2, 0.25) is 15.9 Å². The topological polar surface area (TPSA) is 108 Å². The Morgan fingerprint density at radius 1 is 1.16 bits per heavy atom. The molecule has 2 fully saturated rings. The van der Waals surface area contributed by atoms with Gasteiger partial charge in [0.1, 0.15) is 0 Å². The molecule has 0 radical (unpaired) electrons. The van der Waals surface area contributed by atoms with Crippen LogP contribution in [0.5, 0.6) is 0 Å². The van der Waals surface area contributed by atoms with Crippen molar-refractivity contribution in [1.82, 2.24) is 14.9 Å². The molecule has 136 valence electrons. The second-order valence-electron chi connectivity index (χ2n) is 6.29. The van der Waals surface area contributed by atoms with Gasteiger partial charge < -0.3 is 10.6 Å². The number of nitrogens with zero attached hydrogens (tertiary/aromatic N) is 1. The van der Waals surface area contributed by atoms with Gasteiger partial charge in [0.15, 0.2) is 0 Å². The molecule has 1 saturated carbocycles. The Labute approximate surface area is 147 Å². The van der Waals surface area contributed by atoms with Crippen molar-refractivity contribution < 1.29 is 18.0 Å². The molecule has 8 nitrogen and oxygen atoms in total. The number of amides is 3. The van der Waals surface area contributed by atoms with Gasteiger partial charge in [-0.3, -0.25) is 10.1 Å². The Kier molecular flexibility index (Phi) is 5.24. The predicted molar refractivity (Wildman–Crippen MR) is 92.6 cm³/mol. The maximum absolute atomic E-state index is 12.5. The second kappa shape index (κ2) is 7.40. The van der Waals surface area contributed by atoms with Crippen molar-refractivity contribution in [3.8, 4) is 0 Å². The minimum Gasteiger partial charge on any atom is -0.376 e. The number of hydrogen-bond donors (Lipinski definition) is 3. The van der Waals surface area contributed by atoms with Crippen LogP contribution in [0.15, 0.2) is 29.2 Å². The number of rotatable bonds is 6. The summed E-state index contributed by atoms with van der Waals surface area (Å²) in [5.41, 5.74) is 0.512. The van der Waals surface area contributed by atoms with Crippen LogP contribution in [-0.4, -0.2) is 50.3 Å². The van der Waals surface area contributed by atoms with E-state index >= 15 is 0 Å². The number of hydrogen-bond acceptors (Lipinski definition) is 5. The summed E-state index contributed by atoms with van der Waals surface area (Å²) in [7, 11) is -3.50. The van der Waals surface area contributed by atoms with E-state index in [0.29, 0.717) is 18.8 Å². The highest BCUT2D eigenvalue weighted by molar-refractivity contribution is 7.89. The average Bonchev–Trinajstić information content (AvgIpc) is 3.21. The van der Waals surface area contributed by atoms with Crippen LogP contribution in [0.3, 0.4) is 0 Å². The average molecular weight is 366 g/mol. The minimum atomic E-state index is -3.50. The maximum atomic E-state index is 12.5. The van der Waals surface area contributed by atoms with Crippen LogP contribution >= 0.6 is 0 Å². The molecular formula is C16H22N4O4S. The molecule has 1 aliphatic carbocycles. The number of nitrogens with one attached hydrogen (secondary N) is 3. The highest BCUT2D eigenvalue weighted by Crippen LogP contribution is 2.23. The first kappa shape index (κ1) is 17.7. The quantitative estimate of drug-likeness (QED) is 0.692. The first-order chi connectivity index (χ1) is 11.9. The van der Waals surface area contributed by atoms with Gasteiger partial charge in [-0.05, 0) is 43.9 Å². The van der Waals surface area contributed by atoms with Gasteiger partial charge in [-0.2, -0.15) is 4.31 Å². The number of imide groups is 1. The van der Waals surface area contributed by atoms with Crippen molar-refractivity contribution in [3.63, 3.8) is 0 Å². The van der Waals surface area contributed by atoms with E-state index in [1.165, 1.54) is 10.4 Å². The number of sulfonamides is 1. The Morgan fingerprint density at radius 3 is 2.56 bits per heavy atom. The van der Waals surface area contributed by atoms with Crippen molar-refractivity contribution in [2.24, 2.45) is 0 Å². The Hall–Kier alpha value is -2.13. The van der Waals surface area contributed by atoms with Crippen molar-refractivity contribution >= 4 is 27.6 Å². The first-order valence-electron chi connectivity index (χ1n) is 8.39. The van der Waals surface area contributed by atoms with Crippen LogP contribution in [0, 0.1) is 0 Å². The molecule has 3 rings (SSSR count). The zero-order valence-electron chi connectivity index (χ0n) is 13.8. The van der Waals surface area contributed by atoms with Crippen LogP contribution in [0.25, 0.3) is 0 Å². The lowest BCUT2D eigenvalue weighted by atomic mass is 10.3. The standard InChI is InChI=1S/C16H22N4O4S/c21-15(19-16(22)18-12-6-7-12)11-17-13-4-3-5-14(10-13)25(23,24)20-8-1-2-9-20/h3-5,10,12,17H,1-2,6-9,11H2,(H2,18,19,21,22). The molecule has 9 heteroatoms. The van der Waals surface area contributed by atoms with Gasteiger partial charge in [-0.1, -0.05) is 6.07 Å². The van der Waals surface area contributed by atoms with E-state index in [4.69, 9.17) is 0 Å². The third-order valence-corrected chi connectivity index (χ3v) is 6.05. The Balaban J connectivity index is 1.56. The SMILES string of the molecule is O=C(CNc1cccc(S(=O)(=O)N2CCCC2)c1)NC(=O)NC1CC1. The highest BCUT2D eigenvalue weighted by Gasteiger charge is 2.27. The molecular weight excluding hydrogens is 344 g/mol. The molecule has 1 saturated heterocycles. The van der Waals surface area contributed by atoms with Crippen molar-refractivity contribution in [2.75, 3.05) is 25.0 Å².